The van der Waals surface area contributed by atoms with E-state index in [-0.39, 0.29) is 18.0 Å². The lowest BCUT2D eigenvalue weighted by Gasteiger charge is -2.18. The van der Waals surface area contributed by atoms with Crippen molar-refractivity contribution >= 4 is 52.5 Å². The number of nitrogens with zero attached hydrogens (tertiary/aromatic N) is 2. The highest BCUT2D eigenvalue weighted by molar-refractivity contribution is 8.05. The van der Waals surface area contributed by atoms with Crippen molar-refractivity contribution in [2.24, 2.45) is 0 Å². The Kier molecular flexibility index (Phi) is 7.59. The van der Waals surface area contributed by atoms with Gasteiger partial charge in [0, 0.05) is 12.2 Å². The van der Waals surface area contributed by atoms with Crippen LogP contribution in [0.25, 0.3) is 0 Å². The van der Waals surface area contributed by atoms with Gasteiger partial charge in [-0.3, -0.25) is 14.5 Å². The third kappa shape index (κ3) is 5.13. The summed E-state index contributed by atoms with van der Waals surface area (Å²) in [6.45, 7) is 0.267. The zero-order chi connectivity index (χ0) is 24.1. The van der Waals surface area contributed by atoms with Crippen LogP contribution in [-0.2, 0) is 22.6 Å². The summed E-state index contributed by atoms with van der Waals surface area (Å²) >= 11 is 13.7. The van der Waals surface area contributed by atoms with E-state index in [1.807, 2.05) is 48.5 Å². The van der Waals surface area contributed by atoms with E-state index in [1.165, 1.54) is 16.7 Å². The Balaban J connectivity index is 1.67. The second-order valence-electron chi connectivity index (χ2n) is 7.49. The Hall–Kier alpha value is -3.24. The van der Waals surface area contributed by atoms with Crippen LogP contribution in [0.2, 0.25) is 10.0 Å². The van der Waals surface area contributed by atoms with E-state index in [9.17, 15) is 14.9 Å². The highest BCUT2D eigenvalue weighted by Crippen LogP contribution is 2.42. The molecule has 4 rings (SSSR count). The molecule has 2 amide bonds. The molecule has 0 radical (unpaired) electrons. The number of anilines is 1. The van der Waals surface area contributed by atoms with Crippen LogP contribution in [0, 0.1) is 11.3 Å². The maximum atomic E-state index is 13.5. The number of rotatable bonds is 6. The molecular formula is C26H19Cl2N3O2S. The molecule has 0 spiro atoms. The number of para-hydroxylation sites is 1. The zero-order valence-corrected chi connectivity index (χ0v) is 20.2. The number of halogens is 2. The molecule has 3 aromatic rings. The first kappa shape index (κ1) is 23.9. The van der Waals surface area contributed by atoms with Gasteiger partial charge in [0.15, 0.2) is 0 Å². The van der Waals surface area contributed by atoms with Gasteiger partial charge < -0.3 is 5.32 Å². The predicted molar refractivity (Wildman–Crippen MR) is 136 cm³/mol. The second kappa shape index (κ2) is 10.8. The van der Waals surface area contributed by atoms with E-state index in [4.69, 9.17) is 23.2 Å². The number of nitrogens with one attached hydrogen (secondary N) is 1. The summed E-state index contributed by atoms with van der Waals surface area (Å²) in [7, 11) is 0. The highest BCUT2D eigenvalue weighted by atomic mass is 35.5. The first-order valence-corrected chi connectivity index (χ1v) is 12.1. The Morgan fingerprint density at radius 2 is 1.68 bits per heavy atom. The lowest BCUT2D eigenvalue weighted by Crippen LogP contribution is -2.32. The monoisotopic (exact) mass is 507 g/mol. The molecule has 0 unspecified atom stereocenters. The smallest absolute Gasteiger partial charge is 0.264 e. The Morgan fingerprint density at radius 3 is 2.35 bits per heavy atom. The molecule has 0 aliphatic carbocycles. The van der Waals surface area contributed by atoms with Gasteiger partial charge in [-0.2, -0.15) is 5.26 Å². The minimum Gasteiger partial charge on any atom is -0.347 e. The van der Waals surface area contributed by atoms with Crippen LogP contribution in [0.4, 0.5) is 5.69 Å². The minimum atomic E-state index is -0.573. The van der Waals surface area contributed by atoms with Gasteiger partial charge in [-0.15, -0.1) is 0 Å². The van der Waals surface area contributed by atoms with Gasteiger partial charge in [-0.25, -0.2) is 0 Å². The Labute approximate surface area is 212 Å². The quantitative estimate of drug-likeness (QED) is 0.341. The predicted octanol–water partition coefficient (Wildman–Crippen LogP) is 5.74. The maximum Gasteiger partial charge on any atom is 0.264 e. The van der Waals surface area contributed by atoms with Crippen molar-refractivity contribution in [1.82, 2.24) is 5.32 Å². The maximum absolute atomic E-state index is 13.5. The molecule has 1 saturated heterocycles. The summed E-state index contributed by atoms with van der Waals surface area (Å²) < 4.78 is 0. The topological polar surface area (TPSA) is 73.2 Å². The summed E-state index contributed by atoms with van der Waals surface area (Å²) in [6.07, 6.45) is 0.306. The van der Waals surface area contributed by atoms with E-state index in [0.29, 0.717) is 27.2 Å². The van der Waals surface area contributed by atoms with Gasteiger partial charge in [0.25, 0.3) is 5.91 Å². The number of benzene rings is 3. The van der Waals surface area contributed by atoms with Crippen LogP contribution in [0.3, 0.4) is 0 Å². The van der Waals surface area contributed by atoms with Crippen molar-refractivity contribution in [3.05, 3.63) is 111 Å². The molecule has 8 heteroatoms. The lowest BCUT2D eigenvalue weighted by molar-refractivity contribution is -0.117. The molecule has 0 saturated carbocycles. The van der Waals surface area contributed by atoms with Crippen LogP contribution < -0.4 is 10.2 Å². The number of hydrogen-bond acceptors (Lipinski definition) is 4. The van der Waals surface area contributed by atoms with Crippen LogP contribution in [0.5, 0.6) is 0 Å². The number of amides is 2. The highest BCUT2D eigenvalue weighted by Gasteiger charge is 2.41. The summed E-state index contributed by atoms with van der Waals surface area (Å²) in [4.78, 5) is 27.9. The molecular weight excluding hydrogens is 489 g/mol. The van der Waals surface area contributed by atoms with E-state index >= 15 is 0 Å². The van der Waals surface area contributed by atoms with Crippen LogP contribution in [0.1, 0.15) is 11.1 Å². The van der Waals surface area contributed by atoms with Crippen molar-refractivity contribution in [3.63, 3.8) is 0 Å². The third-order valence-corrected chi connectivity index (χ3v) is 7.37. The van der Waals surface area contributed by atoms with Crippen molar-refractivity contribution in [1.29, 1.82) is 5.26 Å². The van der Waals surface area contributed by atoms with Gasteiger partial charge in [0.1, 0.15) is 16.7 Å². The fourth-order valence-corrected chi connectivity index (χ4v) is 5.26. The molecule has 1 fully saturated rings. The first-order valence-electron chi connectivity index (χ1n) is 10.4. The lowest BCUT2D eigenvalue weighted by atomic mass is 10.1. The molecule has 1 aliphatic heterocycles. The number of carbonyl (C=O) groups excluding carboxylic acids is 2. The SMILES string of the molecule is N#C/C(C(=O)NCc1ccccc1)=C1/S[C@@H](Cc2cccc(Cl)c2Cl)C(=O)N1c1ccccc1. The first-order chi connectivity index (χ1) is 16.5. The van der Waals surface area contributed by atoms with Gasteiger partial charge in [0.2, 0.25) is 5.91 Å². The molecule has 0 bridgehead atoms. The van der Waals surface area contributed by atoms with Gasteiger partial charge in [0.05, 0.1) is 15.3 Å². The molecule has 170 valence electrons. The largest absolute Gasteiger partial charge is 0.347 e. The Morgan fingerprint density at radius 1 is 1.00 bits per heavy atom. The fraction of sp³-hybridized carbons (Fsp3) is 0.115. The molecule has 1 N–H and O–H groups in total. The molecule has 5 nitrogen and oxygen atoms in total. The number of nitriles is 1. The zero-order valence-electron chi connectivity index (χ0n) is 17.9. The number of carbonyl (C=O) groups is 2. The fourth-order valence-electron chi connectivity index (χ4n) is 3.57. The van der Waals surface area contributed by atoms with Crippen LogP contribution in [-0.4, -0.2) is 17.1 Å². The molecule has 3 aromatic carbocycles. The van der Waals surface area contributed by atoms with E-state index < -0.39 is 11.2 Å². The average molecular weight is 508 g/mol. The number of thioether (sulfide) groups is 1. The van der Waals surface area contributed by atoms with Crippen LogP contribution in [0.15, 0.2) is 89.5 Å². The summed E-state index contributed by atoms with van der Waals surface area (Å²) in [5.41, 5.74) is 2.10. The van der Waals surface area contributed by atoms with E-state index in [1.54, 1.807) is 36.4 Å². The van der Waals surface area contributed by atoms with Crippen LogP contribution >= 0.6 is 35.0 Å². The van der Waals surface area contributed by atoms with Gasteiger partial charge in [-0.1, -0.05) is 95.6 Å². The summed E-state index contributed by atoms with van der Waals surface area (Å²) in [6, 6.07) is 25.7. The Bertz CT molecular complexity index is 1290. The second-order valence-corrected chi connectivity index (χ2v) is 9.47. The normalized spacial score (nSPS) is 16.8. The molecule has 1 heterocycles. The van der Waals surface area contributed by atoms with Crippen molar-refractivity contribution in [3.8, 4) is 6.07 Å². The summed E-state index contributed by atoms with van der Waals surface area (Å²) in [5, 5.41) is 13.2. The van der Waals surface area contributed by atoms with Crippen molar-refractivity contribution in [2.75, 3.05) is 4.90 Å². The average Bonchev–Trinajstić information content (AvgIpc) is 3.17. The molecule has 1 aliphatic rings. The summed E-state index contributed by atoms with van der Waals surface area (Å²) in [5.74, 6) is -0.769. The minimum absolute atomic E-state index is 0.113. The molecule has 0 aromatic heterocycles. The van der Waals surface area contributed by atoms with Crippen molar-refractivity contribution < 1.29 is 9.59 Å². The van der Waals surface area contributed by atoms with Gasteiger partial charge >= 0.3 is 0 Å². The standard InChI is InChI=1S/C26H19Cl2N3O2S/c27-21-13-7-10-18(23(21)28)14-22-25(33)31(19-11-5-2-6-12-19)26(34-22)20(15-29)24(32)30-16-17-8-3-1-4-9-17/h1-13,22H,14,16H2,(H,30,32)/b26-20-/t22-/m0/s1. The third-order valence-electron chi connectivity index (χ3n) is 5.25. The van der Waals surface area contributed by atoms with Crippen molar-refractivity contribution in [2.45, 2.75) is 18.2 Å². The van der Waals surface area contributed by atoms with Gasteiger partial charge in [-0.05, 0) is 35.7 Å². The number of hydrogen-bond donors (Lipinski definition) is 1. The molecule has 34 heavy (non-hydrogen) atoms. The van der Waals surface area contributed by atoms with E-state index in [0.717, 1.165) is 11.1 Å². The van der Waals surface area contributed by atoms with E-state index in [2.05, 4.69) is 5.32 Å². The molecule has 1 atom stereocenters.